The van der Waals surface area contributed by atoms with Crippen LogP contribution >= 0.6 is 15.9 Å². The summed E-state index contributed by atoms with van der Waals surface area (Å²) in [6.45, 7) is 5.06. The molecule has 0 aromatic heterocycles. The van der Waals surface area contributed by atoms with Crippen molar-refractivity contribution < 1.29 is 27.5 Å². The molecule has 0 unspecified atom stereocenters. The fraction of sp³-hybridized carbons (Fsp3) is 0.278. The van der Waals surface area contributed by atoms with Gasteiger partial charge in [0.2, 0.25) is 11.8 Å². The summed E-state index contributed by atoms with van der Waals surface area (Å²) in [5.41, 5.74) is 2.72. The van der Waals surface area contributed by atoms with Gasteiger partial charge < -0.3 is 19.7 Å². The van der Waals surface area contributed by atoms with E-state index in [0.29, 0.717) is 11.5 Å². The summed E-state index contributed by atoms with van der Waals surface area (Å²) in [5.74, 6) is -0.196. The fourth-order valence-electron chi connectivity index (χ4n) is 5.07. The Kier molecular flexibility index (Phi) is 12.1. The van der Waals surface area contributed by atoms with Gasteiger partial charge in [-0.15, -0.1) is 0 Å². The van der Waals surface area contributed by atoms with Gasteiger partial charge in [0.15, 0.2) is 11.5 Å². The molecular formula is C36H40BrN3O6S. The highest BCUT2D eigenvalue weighted by Gasteiger charge is 2.35. The van der Waals surface area contributed by atoms with Crippen LogP contribution in [0.4, 0.5) is 5.69 Å². The maximum atomic E-state index is 14.6. The molecule has 0 aliphatic rings. The molecule has 0 spiro atoms. The van der Waals surface area contributed by atoms with E-state index < -0.39 is 28.5 Å². The van der Waals surface area contributed by atoms with Gasteiger partial charge in [-0.2, -0.15) is 0 Å². The molecule has 1 atom stereocenters. The SMILES string of the molecule is COc1ccc(N(CC(=O)N(Cc2ccc(Br)cc2)[C@H](Cc2ccccc2)C(=O)NC(C)C)S(=O)(=O)c2ccc(C)cc2)cc1OC. The molecule has 1 N–H and O–H groups in total. The third kappa shape index (κ3) is 9.14. The first-order chi connectivity index (χ1) is 22.4. The summed E-state index contributed by atoms with van der Waals surface area (Å²) in [5, 5.41) is 2.96. The Morgan fingerprint density at radius 1 is 0.830 bits per heavy atom. The predicted molar refractivity (Wildman–Crippen MR) is 187 cm³/mol. The molecule has 2 amide bonds. The lowest BCUT2D eigenvalue weighted by Gasteiger charge is -2.34. The number of rotatable bonds is 14. The molecule has 11 heteroatoms. The van der Waals surface area contributed by atoms with Gasteiger partial charge in [0, 0.05) is 29.5 Å². The van der Waals surface area contributed by atoms with Crippen molar-refractivity contribution >= 4 is 43.5 Å². The highest BCUT2D eigenvalue weighted by atomic mass is 79.9. The highest BCUT2D eigenvalue weighted by Crippen LogP contribution is 2.34. The molecule has 4 aromatic carbocycles. The summed E-state index contributed by atoms with van der Waals surface area (Å²) in [7, 11) is -1.33. The van der Waals surface area contributed by atoms with E-state index in [1.165, 1.54) is 37.3 Å². The number of aryl methyl sites for hydroxylation is 1. The largest absolute Gasteiger partial charge is 0.493 e. The van der Waals surface area contributed by atoms with E-state index in [-0.39, 0.29) is 35.5 Å². The number of anilines is 1. The van der Waals surface area contributed by atoms with Gasteiger partial charge in [-0.1, -0.05) is 76.1 Å². The van der Waals surface area contributed by atoms with Crippen LogP contribution in [0.25, 0.3) is 0 Å². The van der Waals surface area contributed by atoms with Gasteiger partial charge in [-0.25, -0.2) is 8.42 Å². The summed E-state index contributed by atoms with van der Waals surface area (Å²) in [6, 6.07) is 26.8. The second kappa shape index (κ2) is 16.0. The standard InChI is InChI=1S/C36H40BrN3O6S/c1-25(2)38-36(42)32(21-27-9-7-6-8-10-27)39(23-28-13-15-29(37)16-14-28)35(41)24-40(30-17-20-33(45-4)34(22-30)46-5)47(43,44)31-18-11-26(3)12-19-31/h6-20,22,25,32H,21,23-24H2,1-5H3,(H,38,42)/t32-/m1/s1. The molecule has 0 aliphatic carbocycles. The van der Waals surface area contributed by atoms with Crippen LogP contribution < -0.4 is 19.1 Å². The zero-order chi connectivity index (χ0) is 34.1. The number of carbonyl (C=O) groups excluding carboxylic acids is 2. The summed E-state index contributed by atoms with van der Waals surface area (Å²) in [4.78, 5) is 29.9. The molecule has 0 saturated carbocycles. The van der Waals surface area contributed by atoms with E-state index in [1.807, 2.05) is 75.4 Å². The second-order valence-electron chi connectivity index (χ2n) is 11.4. The van der Waals surface area contributed by atoms with Crippen LogP contribution in [0.2, 0.25) is 0 Å². The fourth-order valence-corrected chi connectivity index (χ4v) is 6.74. The number of ether oxygens (including phenoxy) is 2. The number of amides is 2. The molecule has 47 heavy (non-hydrogen) atoms. The number of sulfonamides is 1. The van der Waals surface area contributed by atoms with E-state index in [9.17, 15) is 18.0 Å². The lowest BCUT2D eigenvalue weighted by molar-refractivity contribution is -0.140. The Balaban J connectivity index is 1.84. The van der Waals surface area contributed by atoms with Crippen LogP contribution in [0.1, 0.15) is 30.5 Å². The molecule has 0 fully saturated rings. The Labute approximate surface area is 285 Å². The monoisotopic (exact) mass is 721 g/mol. The minimum atomic E-state index is -4.26. The smallest absolute Gasteiger partial charge is 0.264 e. The van der Waals surface area contributed by atoms with Crippen LogP contribution in [0.15, 0.2) is 106 Å². The summed E-state index contributed by atoms with van der Waals surface area (Å²) >= 11 is 3.46. The minimum absolute atomic E-state index is 0.0172. The third-order valence-electron chi connectivity index (χ3n) is 7.51. The Bertz CT molecular complexity index is 1770. The van der Waals surface area contributed by atoms with Crippen molar-refractivity contribution in [3.05, 3.63) is 118 Å². The topological polar surface area (TPSA) is 105 Å². The molecule has 248 valence electrons. The van der Waals surface area contributed by atoms with Crippen molar-refractivity contribution in [1.29, 1.82) is 0 Å². The van der Waals surface area contributed by atoms with E-state index in [1.54, 1.807) is 24.3 Å². The number of carbonyl (C=O) groups is 2. The molecule has 0 radical (unpaired) electrons. The van der Waals surface area contributed by atoms with E-state index in [2.05, 4.69) is 21.2 Å². The first-order valence-corrected chi connectivity index (χ1v) is 17.4. The van der Waals surface area contributed by atoms with Gasteiger partial charge in [0.25, 0.3) is 10.0 Å². The van der Waals surface area contributed by atoms with Crippen LogP contribution in [0, 0.1) is 6.92 Å². The molecule has 0 aliphatic heterocycles. The van der Waals surface area contributed by atoms with Gasteiger partial charge >= 0.3 is 0 Å². The van der Waals surface area contributed by atoms with Crippen molar-refractivity contribution in [2.24, 2.45) is 0 Å². The van der Waals surface area contributed by atoms with E-state index >= 15 is 0 Å². The number of nitrogens with zero attached hydrogens (tertiary/aromatic N) is 2. The third-order valence-corrected chi connectivity index (χ3v) is 9.83. The normalized spacial score (nSPS) is 11.9. The number of hydrogen-bond donors (Lipinski definition) is 1. The molecular weight excluding hydrogens is 682 g/mol. The quantitative estimate of drug-likeness (QED) is 0.168. The van der Waals surface area contributed by atoms with Crippen molar-refractivity contribution in [3.8, 4) is 11.5 Å². The van der Waals surface area contributed by atoms with Crippen LogP contribution in [0.5, 0.6) is 11.5 Å². The zero-order valence-electron chi connectivity index (χ0n) is 27.1. The molecule has 0 saturated heterocycles. The van der Waals surface area contributed by atoms with Crippen LogP contribution in [0.3, 0.4) is 0 Å². The molecule has 4 aromatic rings. The van der Waals surface area contributed by atoms with Crippen LogP contribution in [-0.2, 0) is 32.6 Å². The maximum Gasteiger partial charge on any atom is 0.264 e. The average molecular weight is 723 g/mol. The number of nitrogens with one attached hydrogen (secondary N) is 1. The first kappa shape index (κ1) is 35.5. The Morgan fingerprint density at radius 3 is 2.06 bits per heavy atom. The minimum Gasteiger partial charge on any atom is -0.493 e. The highest BCUT2D eigenvalue weighted by molar-refractivity contribution is 9.10. The van der Waals surface area contributed by atoms with Crippen molar-refractivity contribution in [1.82, 2.24) is 10.2 Å². The van der Waals surface area contributed by atoms with Crippen molar-refractivity contribution in [2.75, 3.05) is 25.1 Å². The number of halogens is 1. The zero-order valence-corrected chi connectivity index (χ0v) is 29.5. The lowest BCUT2D eigenvalue weighted by Crippen LogP contribution is -2.54. The molecule has 4 rings (SSSR count). The Hall–Kier alpha value is -4.35. The second-order valence-corrected chi connectivity index (χ2v) is 14.2. The predicted octanol–water partition coefficient (Wildman–Crippen LogP) is 6.13. The van der Waals surface area contributed by atoms with Crippen LogP contribution in [-0.4, -0.2) is 58.0 Å². The van der Waals surface area contributed by atoms with Gasteiger partial charge in [-0.3, -0.25) is 13.9 Å². The molecule has 0 bridgehead atoms. The first-order valence-electron chi connectivity index (χ1n) is 15.1. The van der Waals surface area contributed by atoms with Crippen molar-refractivity contribution in [2.45, 2.75) is 50.7 Å². The number of methoxy groups -OCH3 is 2. The van der Waals surface area contributed by atoms with Gasteiger partial charge in [0.1, 0.15) is 12.6 Å². The van der Waals surface area contributed by atoms with Gasteiger partial charge in [-0.05, 0) is 68.3 Å². The van der Waals surface area contributed by atoms with Gasteiger partial charge in [0.05, 0.1) is 24.8 Å². The van der Waals surface area contributed by atoms with E-state index in [0.717, 1.165) is 25.5 Å². The molecule has 9 nitrogen and oxygen atoms in total. The number of benzene rings is 4. The Morgan fingerprint density at radius 2 is 1.47 bits per heavy atom. The van der Waals surface area contributed by atoms with Crippen molar-refractivity contribution in [3.63, 3.8) is 0 Å². The number of hydrogen-bond acceptors (Lipinski definition) is 6. The average Bonchev–Trinajstić information content (AvgIpc) is 3.05. The van der Waals surface area contributed by atoms with E-state index in [4.69, 9.17) is 9.47 Å². The molecule has 0 heterocycles. The summed E-state index contributed by atoms with van der Waals surface area (Å²) in [6.07, 6.45) is 0.225. The maximum absolute atomic E-state index is 14.6. The lowest BCUT2D eigenvalue weighted by atomic mass is 10.0. The summed E-state index contributed by atoms with van der Waals surface area (Å²) < 4.78 is 41.4.